The van der Waals surface area contributed by atoms with E-state index in [1.807, 2.05) is 0 Å². The quantitative estimate of drug-likeness (QED) is 0.791. The first kappa shape index (κ1) is 15.1. The Kier molecular flexibility index (Phi) is 5.36. The molecular weight excluding hydrogens is 268 g/mol. The summed E-state index contributed by atoms with van der Waals surface area (Å²) < 4.78 is 11.1. The van der Waals surface area contributed by atoms with Gasteiger partial charge in [-0.3, -0.25) is 0 Å². The van der Waals surface area contributed by atoms with Gasteiger partial charge in [0.05, 0.1) is 19.3 Å². The van der Waals surface area contributed by atoms with Crippen LogP contribution in [-0.2, 0) is 9.47 Å². The van der Waals surface area contributed by atoms with Crippen LogP contribution in [0.15, 0.2) is 0 Å². The van der Waals surface area contributed by atoms with Gasteiger partial charge >= 0.3 is 6.03 Å². The summed E-state index contributed by atoms with van der Waals surface area (Å²) in [6.07, 6.45) is 8.74. The third-order valence-electron chi connectivity index (χ3n) is 5.10. The van der Waals surface area contributed by atoms with E-state index in [-0.39, 0.29) is 12.1 Å². The number of carbonyl (C=O) groups is 1. The fourth-order valence-electron chi connectivity index (χ4n) is 4.03. The zero-order chi connectivity index (χ0) is 14.5. The van der Waals surface area contributed by atoms with Crippen molar-refractivity contribution in [3.63, 3.8) is 0 Å². The number of nitrogens with one attached hydrogen (secondary N) is 1. The molecule has 0 unspecified atom stereocenters. The molecule has 1 N–H and O–H groups in total. The molecule has 21 heavy (non-hydrogen) atoms. The van der Waals surface area contributed by atoms with E-state index in [0.717, 1.165) is 38.3 Å². The second kappa shape index (κ2) is 7.45. The first-order chi connectivity index (χ1) is 10.3. The van der Waals surface area contributed by atoms with Crippen molar-refractivity contribution in [2.24, 2.45) is 5.92 Å². The van der Waals surface area contributed by atoms with Crippen LogP contribution in [0.25, 0.3) is 0 Å². The molecule has 1 aliphatic carbocycles. The molecule has 3 aliphatic rings. The van der Waals surface area contributed by atoms with Crippen LogP contribution in [0, 0.1) is 5.92 Å². The van der Waals surface area contributed by atoms with Crippen LogP contribution >= 0.6 is 0 Å². The molecule has 2 aliphatic heterocycles. The Balaban J connectivity index is 1.32. The van der Waals surface area contributed by atoms with Crippen LogP contribution in [-0.4, -0.2) is 56.0 Å². The summed E-state index contributed by atoms with van der Waals surface area (Å²) in [6, 6.07) is 0.596. The number of ether oxygens (including phenoxy) is 2. The number of carbonyl (C=O) groups excluding carboxylic acids is 1. The fourth-order valence-corrected chi connectivity index (χ4v) is 4.03. The second-order valence-corrected chi connectivity index (χ2v) is 6.54. The summed E-state index contributed by atoms with van der Waals surface area (Å²) in [5.74, 6) is 0.750. The predicted octanol–water partition coefficient (Wildman–Crippen LogP) is 2.16. The molecule has 120 valence electrons. The Morgan fingerprint density at radius 3 is 2.95 bits per heavy atom. The molecule has 0 aromatic heterocycles. The maximum atomic E-state index is 12.3. The normalized spacial score (nSPS) is 32.2. The van der Waals surface area contributed by atoms with Gasteiger partial charge in [0.2, 0.25) is 0 Å². The van der Waals surface area contributed by atoms with Crippen molar-refractivity contribution in [1.29, 1.82) is 0 Å². The Morgan fingerprint density at radius 2 is 2.10 bits per heavy atom. The Hall–Kier alpha value is -0.810. The fraction of sp³-hybridized carbons (Fsp3) is 0.938. The maximum absolute atomic E-state index is 12.3. The van der Waals surface area contributed by atoms with Crippen molar-refractivity contribution in [3.05, 3.63) is 0 Å². The monoisotopic (exact) mass is 296 g/mol. The Bertz CT molecular complexity index is 344. The maximum Gasteiger partial charge on any atom is 0.317 e. The first-order valence-electron chi connectivity index (χ1n) is 8.58. The molecule has 1 saturated carbocycles. The molecular formula is C16H28N2O3. The summed E-state index contributed by atoms with van der Waals surface area (Å²) in [4.78, 5) is 14.4. The van der Waals surface area contributed by atoms with E-state index in [9.17, 15) is 4.79 Å². The number of hydrogen-bond acceptors (Lipinski definition) is 3. The molecule has 0 aromatic rings. The highest BCUT2D eigenvalue weighted by molar-refractivity contribution is 5.74. The van der Waals surface area contributed by atoms with Gasteiger partial charge in [-0.1, -0.05) is 6.42 Å². The highest BCUT2D eigenvalue weighted by atomic mass is 16.5. The van der Waals surface area contributed by atoms with Crippen molar-refractivity contribution < 1.29 is 14.3 Å². The number of piperidine rings is 1. The number of rotatable bonds is 5. The van der Waals surface area contributed by atoms with E-state index in [1.165, 1.54) is 25.7 Å². The van der Waals surface area contributed by atoms with E-state index in [0.29, 0.717) is 25.8 Å². The van der Waals surface area contributed by atoms with Gasteiger partial charge in [-0.15, -0.1) is 0 Å². The SMILES string of the molecule is O=C(NCCOC[C@@H]1CCCO1)N1CCC[C@@H]2CCC[C@H]21. The predicted molar refractivity (Wildman–Crippen MR) is 80.3 cm³/mol. The lowest BCUT2D eigenvalue weighted by Crippen LogP contribution is -2.51. The minimum Gasteiger partial charge on any atom is -0.377 e. The number of likely N-dealkylation sites (tertiary alicyclic amines) is 1. The van der Waals surface area contributed by atoms with Gasteiger partial charge in [0, 0.05) is 25.7 Å². The lowest BCUT2D eigenvalue weighted by molar-refractivity contribution is 0.0183. The third kappa shape index (κ3) is 3.89. The summed E-state index contributed by atoms with van der Waals surface area (Å²) in [7, 11) is 0. The zero-order valence-electron chi connectivity index (χ0n) is 12.9. The summed E-state index contributed by atoms with van der Waals surface area (Å²) >= 11 is 0. The molecule has 2 heterocycles. The van der Waals surface area contributed by atoms with Gasteiger partial charge in [0.15, 0.2) is 0 Å². The van der Waals surface area contributed by atoms with Crippen molar-refractivity contribution >= 4 is 6.03 Å². The van der Waals surface area contributed by atoms with E-state index < -0.39 is 0 Å². The molecule has 2 amide bonds. The van der Waals surface area contributed by atoms with E-state index in [4.69, 9.17) is 9.47 Å². The molecule has 0 spiro atoms. The van der Waals surface area contributed by atoms with Crippen molar-refractivity contribution in [3.8, 4) is 0 Å². The molecule has 2 saturated heterocycles. The molecule has 0 radical (unpaired) electrons. The van der Waals surface area contributed by atoms with E-state index in [1.54, 1.807) is 0 Å². The topological polar surface area (TPSA) is 50.8 Å². The minimum absolute atomic E-state index is 0.104. The third-order valence-corrected chi connectivity index (χ3v) is 5.10. The first-order valence-corrected chi connectivity index (χ1v) is 8.58. The Labute approximate surface area is 127 Å². The highest BCUT2D eigenvalue weighted by Gasteiger charge is 2.37. The number of hydrogen-bond donors (Lipinski definition) is 1. The number of urea groups is 1. The van der Waals surface area contributed by atoms with Crippen LogP contribution in [0.2, 0.25) is 0 Å². The molecule has 5 nitrogen and oxygen atoms in total. The van der Waals surface area contributed by atoms with E-state index in [2.05, 4.69) is 10.2 Å². The second-order valence-electron chi connectivity index (χ2n) is 6.54. The van der Waals surface area contributed by atoms with Crippen molar-refractivity contribution in [1.82, 2.24) is 10.2 Å². The summed E-state index contributed by atoms with van der Waals surface area (Å²) in [6.45, 7) is 3.61. The van der Waals surface area contributed by atoms with Crippen LogP contribution in [0.5, 0.6) is 0 Å². The van der Waals surface area contributed by atoms with Crippen LogP contribution in [0.3, 0.4) is 0 Å². The Morgan fingerprint density at radius 1 is 1.19 bits per heavy atom. The van der Waals surface area contributed by atoms with Crippen molar-refractivity contribution in [2.75, 3.05) is 32.9 Å². The van der Waals surface area contributed by atoms with Crippen LogP contribution in [0.1, 0.15) is 44.9 Å². The number of fused-ring (bicyclic) bond motifs is 1. The number of nitrogens with zero attached hydrogens (tertiary/aromatic N) is 1. The van der Waals surface area contributed by atoms with Gasteiger partial charge in [-0.05, 0) is 44.4 Å². The van der Waals surface area contributed by atoms with Gasteiger partial charge in [0.25, 0.3) is 0 Å². The molecule has 5 heteroatoms. The molecule has 0 bridgehead atoms. The standard InChI is InChI=1S/C16H28N2O3/c19-16(17-8-11-20-12-14-6-3-10-21-14)18-9-2-5-13-4-1-7-15(13)18/h13-15H,1-12H2,(H,17,19)/t13-,14-,15+/m0/s1. The smallest absolute Gasteiger partial charge is 0.317 e. The van der Waals surface area contributed by atoms with Crippen LogP contribution < -0.4 is 5.32 Å². The summed E-state index contributed by atoms with van der Waals surface area (Å²) in [5, 5.41) is 3.01. The zero-order valence-corrected chi connectivity index (χ0v) is 12.9. The van der Waals surface area contributed by atoms with Gasteiger partial charge in [-0.2, -0.15) is 0 Å². The molecule has 3 fully saturated rings. The molecule has 3 rings (SSSR count). The average molecular weight is 296 g/mol. The molecule has 0 aromatic carbocycles. The molecule has 3 atom stereocenters. The largest absolute Gasteiger partial charge is 0.377 e. The number of amides is 2. The lowest BCUT2D eigenvalue weighted by atomic mass is 9.92. The minimum atomic E-state index is 0.104. The summed E-state index contributed by atoms with van der Waals surface area (Å²) in [5.41, 5.74) is 0. The van der Waals surface area contributed by atoms with Crippen LogP contribution in [0.4, 0.5) is 4.79 Å². The van der Waals surface area contributed by atoms with Crippen molar-refractivity contribution in [2.45, 2.75) is 57.1 Å². The van der Waals surface area contributed by atoms with Gasteiger partial charge < -0.3 is 19.7 Å². The highest BCUT2D eigenvalue weighted by Crippen LogP contribution is 2.36. The van der Waals surface area contributed by atoms with Gasteiger partial charge in [0.1, 0.15) is 0 Å². The van der Waals surface area contributed by atoms with Gasteiger partial charge in [-0.25, -0.2) is 4.79 Å². The van der Waals surface area contributed by atoms with E-state index >= 15 is 0 Å². The lowest BCUT2D eigenvalue weighted by Gasteiger charge is -2.37. The average Bonchev–Trinajstić information content (AvgIpc) is 3.17.